The number of rotatable bonds is 2. The molecule has 0 atom stereocenters. The molecule has 0 aromatic heterocycles. The molecule has 0 aliphatic heterocycles. The van der Waals surface area contributed by atoms with Gasteiger partial charge in [0.1, 0.15) is 6.61 Å². The fourth-order valence-electron chi connectivity index (χ4n) is 0.253. The summed E-state index contributed by atoms with van der Waals surface area (Å²) >= 11 is 0. The van der Waals surface area contributed by atoms with E-state index in [-0.39, 0.29) is 12.5 Å². The summed E-state index contributed by atoms with van der Waals surface area (Å²) in [5.41, 5.74) is 0. The molecule has 0 radical (unpaired) electrons. The second-order valence-corrected chi connectivity index (χ2v) is 1.09. The maximum Gasteiger partial charge on any atom is 0.273 e. The van der Waals surface area contributed by atoms with Gasteiger partial charge in [0.2, 0.25) is 0 Å². The average molecular weight is 116 g/mol. The summed E-state index contributed by atoms with van der Waals surface area (Å²) < 4.78 is 0. The Morgan fingerprint density at radius 1 is 2.00 bits per heavy atom. The zero-order chi connectivity index (χ0) is 6.41. The number of amides is 1. The molecule has 0 aromatic carbocycles. The van der Waals surface area contributed by atoms with Crippen molar-refractivity contribution < 1.29 is 9.63 Å². The van der Waals surface area contributed by atoms with E-state index in [0.717, 1.165) is 0 Å². The molecule has 46 valence electrons. The summed E-state index contributed by atoms with van der Waals surface area (Å²) in [5.74, 6) is 4.20. The van der Waals surface area contributed by atoms with Crippen molar-refractivity contribution in [2.45, 2.75) is 6.92 Å². The Labute approximate surface area is 47.3 Å². The zero-order valence-corrected chi connectivity index (χ0v) is 4.63. The molecule has 1 amide bonds. The maximum atomic E-state index is 10.2. The van der Waals surface area contributed by atoms with Crippen molar-refractivity contribution in [3.8, 4) is 0 Å². The third kappa shape index (κ3) is 3.45. The van der Waals surface area contributed by atoms with Crippen molar-refractivity contribution >= 4 is 12.1 Å². The van der Waals surface area contributed by atoms with E-state index in [1.807, 2.05) is 0 Å². The number of carbonyl (C=O) groups excluding carboxylic acids is 1. The van der Waals surface area contributed by atoms with Crippen molar-refractivity contribution in [3.63, 3.8) is 0 Å². The first-order valence-corrected chi connectivity index (χ1v) is 2.14. The first-order chi connectivity index (χ1) is 3.81. The van der Waals surface area contributed by atoms with Gasteiger partial charge in [0.15, 0.2) is 0 Å². The lowest BCUT2D eigenvalue weighted by Gasteiger charge is -1.86. The van der Waals surface area contributed by atoms with Gasteiger partial charge in [-0.25, -0.2) is 10.9 Å². The molecule has 8 heavy (non-hydrogen) atoms. The molecule has 0 fully saturated rings. The van der Waals surface area contributed by atoms with Crippen LogP contribution in [0.1, 0.15) is 6.92 Å². The van der Waals surface area contributed by atoms with Gasteiger partial charge in [-0.2, -0.15) is 0 Å². The minimum atomic E-state index is -0.366. The molecular weight excluding hydrogens is 108 g/mol. The highest BCUT2D eigenvalue weighted by Gasteiger charge is 1.91. The van der Waals surface area contributed by atoms with E-state index >= 15 is 0 Å². The molecular formula is C4H8N2O2. The fraction of sp³-hybridized carbons (Fsp3) is 0.500. The predicted octanol–water partition coefficient (Wildman–Crippen LogP) is -0.506. The quantitative estimate of drug-likeness (QED) is 0.390. The number of nitrogens with two attached hydrogens (primary N) is 1. The Balaban J connectivity index is 3.33. The van der Waals surface area contributed by atoms with Crippen LogP contribution >= 0.6 is 0 Å². The van der Waals surface area contributed by atoms with Gasteiger partial charge in [0, 0.05) is 6.21 Å². The zero-order valence-electron chi connectivity index (χ0n) is 4.63. The lowest BCUT2D eigenvalue weighted by Crippen LogP contribution is -2.09. The van der Waals surface area contributed by atoms with Gasteiger partial charge < -0.3 is 0 Å². The van der Waals surface area contributed by atoms with Crippen LogP contribution in [-0.4, -0.2) is 18.7 Å². The van der Waals surface area contributed by atoms with Crippen molar-refractivity contribution in [1.29, 1.82) is 0 Å². The second-order valence-electron chi connectivity index (χ2n) is 1.09. The van der Waals surface area contributed by atoms with Gasteiger partial charge in [-0.3, -0.25) is 9.63 Å². The average Bonchev–Trinajstić information content (AvgIpc) is 1.68. The first-order valence-electron chi connectivity index (χ1n) is 2.14. The summed E-state index contributed by atoms with van der Waals surface area (Å²) in [6.45, 7) is 1.50. The smallest absolute Gasteiger partial charge is 0.273 e. The Kier molecular flexibility index (Phi) is 4.01. The van der Waals surface area contributed by atoms with Crippen LogP contribution in [0.2, 0.25) is 0 Å². The Bertz CT molecular complexity index is 100. The van der Waals surface area contributed by atoms with Crippen LogP contribution in [0, 0.1) is 0 Å². The van der Waals surface area contributed by atoms with E-state index in [2.05, 4.69) is 15.7 Å². The van der Waals surface area contributed by atoms with Crippen molar-refractivity contribution in [2.75, 3.05) is 6.61 Å². The molecule has 0 saturated carbocycles. The van der Waals surface area contributed by atoms with Crippen LogP contribution < -0.4 is 5.90 Å². The molecule has 4 nitrogen and oxygen atoms in total. The predicted molar refractivity (Wildman–Crippen MR) is 29.3 cm³/mol. The van der Waals surface area contributed by atoms with Gasteiger partial charge in [-0.05, 0) is 6.92 Å². The third-order valence-corrected chi connectivity index (χ3v) is 0.480. The van der Waals surface area contributed by atoms with E-state index in [1.54, 1.807) is 6.92 Å². The van der Waals surface area contributed by atoms with E-state index in [9.17, 15) is 4.79 Å². The molecule has 0 saturated heterocycles. The lowest BCUT2D eigenvalue weighted by molar-refractivity contribution is -0.122. The molecule has 4 heteroatoms. The molecule has 0 aliphatic carbocycles. The summed E-state index contributed by atoms with van der Waals surface area (Å²) in [5, 5.41) is 0. The van der Waals surface area contributed by atoms with Gasteiger partial charge in [0.25, 0.3) is 5.91 Å². The minimum absolute atomic E-state index is 0.148. The molecule has 0 heterocycles. The summed E-state index contributed by atoms with van der Waals surface area (Å²) in [6, 6.07) is 0. The molecule has 0 aromatic rings. The van der Waals surface area contributed by atoms with Gasteiger partial charge in [-0.15, -0.1) is 0 Å². The number of aliphatic imine (C=N–C) groups is 1. The van der Waals surface area contributed by atoms with Crippen molar-refractivity contribution in [2.24, 2.45) is 10.9 Å². The lowest BCUT2D eigenvalue weighted by atomic mass is 10.7. The number of hydrogen-bond donors (Lipinski definition) is 1. The van der Waals surface area contributed by atoms with E-state index in [4.69, 9.17) is 0 Å². The van der Waals surface area contributed by atoms with E-state index in [1.165, 1.54) is 6.21 Å². The van der Waals surface area contributed by atoms with Gasteiger partial charge in [-0.1, -0.05) is 0 Å². The third-order valence-electron chi connectivity index (χ3n) is 0.480. The minimum Gasteiger partial charge on any atom is -0.295 e. The van der Waals surface area contributed by atoms with E-state index in [0.29, 0.717) is 0 Å². The van der Waals surface area contributed by atoms with Crippen LogP contribution in [0.4, 0.5) is 0 Å². The monoisotopic (exact) mass is 116 g/mol. The van der Waals surface area contributed by atoms with Crippen molar-refractivity contribution in [1.82, 2.24) is 0 Å². The summed E-state index contributed by atoms with van der Waals surface area (Å²) in [7, 11) is 0. The largest absolute Gasteiger partial charge is 0.295 e. The molecule has 0 aliphatic rings. The molecule has 0 rings (SSSR count). The molecule has 2 N–H and O–H groups in total. The summed E-state index contributed by atoms with van der Waals surface area (Å²) in [6.07, 6.45) is 1.39. The second kappa shape index (κ2) is 4.42. The highest BCUT2D eigenvalue weighted by Crippen LogP contribution is 1.71. The van der Waals surface area contributed by atoms with E-state index < -0.39 is 0 Å². The Hall–Kier alpha value is -0.740. The number of hydrogen-bond acceptors (Lipinski definition) is 3. The first kappa shape index (κ1) is 7.26. The SMILES string of the molecule is CC=NC(=O)CON. The highest BCUT2D eigenvalue weighted by molar-refractivity contribution is 5.85. The Morgan fingerprint density at radius 3 is 3.00 bits per heavy atom. The Morgan fingerprint density at radius 2 is 2.62 bits per heavy atom. The highest BCUT2D eigenvalue weighted by atomic mass is 16.6. The fourth-order valence-corrected chi connectivity index (χ4v) is 0.253. The molecule has 0 spiro atoms. The summed E-state index contributed by atoms with van der Waals surface area (Å²) in [4.78, 5) is 17.6. The number of nitrogens with zero attached hydrogens (tertiary/aromatic N) is 1. The van der Waals surface area contributed by atoms with Gasteiger partial charge in [0.05, 0.1) is 0 Å². The van der Waals surface area contributed by atoms with Crippen LogP contribution in [0.3, 0.4) is 0 Å². The molecule has 0 unspecified atom stereocenters. The maximum absolute atomic E-state index is 10.2. The van der Waals surface area contributed by atoms with Crippen LogP contribution in [-0.2, 0) is 9.63 Å². The standard InChI is InChI=1S/C4H8N2O2/c1-2-6-4(7)3-8-5/h2H,3,5H2,1H3. The van der Waals surface area contributed by atoms with Gasteiger partial charge >= 0.3 is 0 Å². The topological polar surface area (TPSA) is 64.7 Å². The van der Waals surface area contributed by atoms with Crippen molar-refractivity contribution in [3.05, 3.63) is 0 Å². The normalized spacial score (nSPS) is 10.2. The van der Waals surface area contributed by atoms with Crippen LogP contribution in [0.25, 0.3) is 0 Å². The van der Waals surface area contributed by atoms with Crippen LogP contribution in [0.15, 0.2) is 4.99 Å². The molecule has 0 bridgehead atoms. The number of carbonyl (C=O) groups is 1. The van der Waals surface area contributed by atoms with Crippen LogP contribution in [0.5, 0.6) is 0 Å².